The average Bonchev–Trinajstić information content (AvgIpc) is 3.59. The second-order valence-corrected chi connectivity index (χ2v) is 12.8. The van der Waals surface area contributed by atoms with Crippen LogP contribution in [-0.2, 0) is 0 Å². The molecule has 4 nitrogen and oxygen atoms in total. The summed E-state index contributed by atoms with van der Waals surface area (Å²) in [5.74, 6) is 0.709. The molecule has 0 amide bonds. The van der Waals surface area contributed by atoms with Crippen LogP contribution in [0.2, 0.25) is 0 Å². The highest BCUT2D eigenvalue weighted by molar-refractivity contribution is 6.24. The highest BCUT2D eigenvalue weighted by atomic mass is 16.3. The van der Waals surface area contributed by atoms with Crippen molar-refractivity contribution in [2.75, 3.05) is 0 Å². The minimum absolute atomic E-state index is 0.709. The number of fused-ring (bicyclic) bond motifs is 7. The normalized spacial score (nSPS) is 11.5. The maximum atomic E-state index is 6.69. The molecule has 7 aromatic carbocycles. The van der Waals surface area contributed by atoms with E-state index in [9.17, 15) is 0 Å². The van der Waals surface area contributed by atoms with Gasteiger partial charge in [-0.15, -0.1) is 0 Å². The molecule has 10 rings (SSSR count). The van der Waals surface area contributed by atoms with E-state index in [2.05, 4.69) is 127 Å². The van der Waals surface area contributed by atoms with Crippen molar-refractivity contribution in [3.8, 4) is 56.3 Å². The van der Waals surface area contributed by atoms with Crippen LogP contribution in [0.3, 0.4) is 0 Å². The van der Waals surface area contributed by atoms with E-state index in [1.807, 2.05) is 48.5 Å². The van der Waals surface area contributed by atoms with Gasteiger partial charge >= 0.3 is 0 Å². The zero-order valence-corrected chi connectivity index (χ0v) is 27.5. The molecule has 0 atom stereocenters. The third-order valence-corrected chi connectivity index (χ3v) is 9.69. The molecule has 0 aliphatic heterocycles. The summed E-state index contributed by atoms with van der Waals surface area (Å²) in [5.41, 5.74) is 11.9. The third kappa shape index (κ3) is 5.04. The fraction of sp³-hybridized carbons (Fsp3) is 0. The molecule has 0 aliphatic carbocycles. The van der Waals surface area contributed by atoms with Gasteiger partial charge in [-0.3, -0.25) is 0 Å². The Morgan fingerprint density at radius 2 is 0.922 bits per heavy atom. The number of pyridine rings is 1. The Bertz CT molecular complexity index is 2820. The number of benzene rings is 7. The molecule has 238 valence electrons. The van der Waals surface area contributed by atoms with E-state index in [0.717, 1.165) is 94.1 Å². The summed E-state index contributed by atoms with van der Waals surface area (Å²) >= 11 is 0. The second-order valence-electron chi connectivity index (χ2n) is 12.8. The summed E-state index contributed by atoms with van der Waals surface area (Å²) in [7, 11) is 0. The molecular weight excluding hydrogens is 623 g/mol. The van der Waals surface area contributed by atoms with Crippen molar-refractivity contribution in [2.24, 2.45) is 0 Å². The van der Waals surface area contributed by atoms with E-state index in [4.69, 9.17) is 19.4 Å². The quantitative estimate of drug-likeness (QED) is 0.174. The SMILES string of the molecule is c1ccc(-c2cc(-c3ccc(-c4ccc5oc6c(ccc7c(-c8ccccc8)nc8ccccc8c76)c5c4)cc3)nc(-c3ccccc3)n2)cc1. The number of rotatable bonds is 5. The predicted molar refractivity (Wildman–Crippen MR) is 209 cm³/mol. The first-order valence-electron chi connectivity index (χ1n) is 17.1. The highest BCUT2D eigenvalue weighted by Crippen LogP contribution is 2.41. The van der Waals surface area contributed by atoms with Crippen molar-refractivity contribution in [2.45, 2.75) is 0 Å². The molecule has 3 aromatic heterocycles. The number of aromatic nitrogens is 3. The Morgan fingerprint density at radius 1 is 0.353 bits per heavy atom. The van der Waals surface area contributed by atoms with Gasteiger partial charge in [0.05, 0.1) is 22.6 Å². The summed E-state index contributed by atoms with van der Waals surface area (Å²) < 4.78 is 6.69. The van der Waals surface area contributed by atoms with Gasteiger partial charge in [0.25, 0.3) is 0 Å². The zero-order valence-electron chi connectivity index (χ0n) is 27.5. The van der Waals surface area contributed by atoms with E-state index in [1.165, 1.54) is 0 Å². The first-order valence-corrected chi connectivity index (χ1v) is 17.1. The van der Waals surface area contributed by atoms with Crippen LogP contribution in [0.15, 0.2) is 180 Å². The van der Waals surface area contributed by atoms with Crippen LogP contribution in [0.1, 0.15) is 0 Å². The van der Waals surface area contributed by atoms with E-state index < -0.39 is 0 Å². The molecule has 4 heteroatoms. The molecule has 0 saturated carbocycles. The van der Waals surface area contributed by atoms with Crippen LogP contribution in [0.25, 0.3) is 99.9 Å². The van der Waals surface area contributed by atoms with Crippen LogP contribution in [0.5, 0.6) is 0 Å². The number of furan rings is 1. The Labute approximate surface area is 294 Å². The van der Waals surface area contributed by atoms with Crippen LogP contribution < -0.4 is 0 Å². The summed E-state index contributed by atoms with van der Waals surface area (Å²) in [6.45, 7) is 0. The Morgan fingerprint density at radius 3 is 1.65 bits per heavy atom. The predicted octanol–water partition coefficient (Wildman–Crippen LogP) is 12.4. The standard InChI is InChI=1S/C47H29N3O/c1-4-12-31(13-5-1)41-29-42(50-47(49-41)34-16-8-3-9-17-34)32-22-20-30(21-23-32)35-24-27-43-39(28-35)36-25-26-38-44(46(36)51-43)37-18-10-11-19-40(37)48-45(38)33-14-6-2-7-15-33/h1-29H. The van der Waals surface area contributed by atoms with Gasteiger partial charge in [-0.25, -0.2) is 15.0 Å². The topological polar surface area (TPSA) is 51.8 Å². The number of nitrogens with zero attached hydrogens (tertiary/aromatic N) is 3. The smallest absolute Gasteiger partial charge is 0.160 e. The van der Waals surface area contributed by atoms with Gasteiger partial charge in [0.15, 0.2) is 5.82 Å². The summed E-state index contributed by atoms with van der Waals surface area (Å²) in [6, 6.07) is 60.7. The lowest BCUT2D eigenvalue weighted by molar-refractivity contribution is 0.673. The number of hydrogen-bond acceptors (Lipinski definition) is 4. The Hall–Kier alpha value is -6.91. The van der Waals surface area contributed by atoms with Crippen LogP contribution in [0, 0.1) is 0 Å². The monoisotopic (exact) mass is 651 g/mol. The van der Waals surface area contributed by atoms with Gasteiger partial charge in [0.2, 0.25) is 0 Å². The average molecular weight is 652 g/mol. The fourth-order valence-corrected chi connectivity index (χ4v) is 7.17. The van der Waals surface area contributed by atoms with Gasteiger partial charge in [-0.05, 0) is 41.5 Å². The number of hydrogen-bond donors (Lipinski definition) is 0. The first-order chi connectivity index (χ1) is 25.3. The van der Waals surface area contributed by atoms with Crippen molar-refractivity contribution in [3.63, 3.8) is 0 Å². The maximum absolute atomic E-state index is 6.69. The van der Waals surface area contributed by atoms with Crippen LogP contribution >= 0.6 is 0 Å². The second kappa shape index (κ2) is 11.9. The van der Waals surface area contributed by atoms with Gasteiger partial charge in [0.1, 0.15) is 11.2 Å². The molecule has 0 spiro atoms. The van der Waals surface area contributed by atoms with Gasteiger partial charge in [-0.1, -0.05) is 146 Å². The molecule has 51 heavy (non-hydrogen) atoms. The van der Waals surface area contributed by atoms with Crippen molar-refractivity contribution in [3.05, 3.63) is 176 Å². The largest absolute Gasteiger partial charge is 0.455 e. The van der Waals surface area contributed by atoms with Crippen molar-refractivity contribution in [1.29, 1.82) is 0 Å². The lowest BCUT2D eigenvalue weighted by atomic mass is 9.97. The van der Waals surface area contributed by atoms with Crippen molar-refractivity contribution < 1.29 is 4.42 Å². The summed E-state index contributed by atoms with van der Waals surface area (Å²) in [4.78, 5) is 15.1. The molecule has 0 N–H and O–H groups in total. The lowest BCUT2D eigenvalue weighted by Crippen LogP contribution is -1.95. The molecule has 0 saturated heterocycles. The van der Waals surface area contributed by atoms with E-state index >= 15 is 0 Å². The van der Waals surface area contributed by atoms with Crippen molar-refractivity contribution in [1.82, 2.24) is 15.0 Å². The molecule has 0 bridgehead atoms. The summed E-state index contributed by atoms with van der Waals surface area (Å²) in [5, 5.41) is 5.44. The molecule has 10 aromatic rings. The lowest BCUT2D eigenvalue weighted by Gasteiger charge is -2.10. The van der Waals surface area contributed by atoms with Gasteiger partial charge in [0, 0.05) is 49.2 Å². The molecule has 0 fully saturated rings. The zero-order chi connectivity index (χ0) is 33.7. The Kier molecular flexibility index (Phi) is 6.78. The van der Waals surface area contributed by atoms with Crippen LogP contribution in [-0.4, -0.2) is 15.0 Å². The molecule has 3 heterocycles. The summed E-state index contributed by atoms with van der Waals surface area (Å²) in [6.07, 6.45) is 0. The van der Waals surface area contributed by atoms with Gasteiger partial charge in [-0.2, -0.15) is 0 Å². The van der Waals surface area contributed by atoms with E-state index in [0.29, 0.717) is 5.82 Å². The van der Waals surface area contributed by atoms with Gasteiger partial charge < -0.3 is 4.42 Å². The number of para-hydroxylation sites is 1. The minimum atomic E-state index is 0.709. The fourth-order valence-electron chi connectivity index (χ4n) is 7.17. The molecule has 0 aliphatic rings. The highest BCUT2D eigenvalue weighted by Gasteiger charge is 2.18. The van der Waals surface area contributed by atoms with E-state index in [1.54, 1.807) is 0 Å². The van der Waals surface area contributed by atoms with E-state index in [-0.39, 0.29) is 0 Å². The third-order valence-electron chi connectivity index (χ3n) is 9.69. The van der Waals surface area contributed by atoms with Crippen molar-refractivity contribution >= 4 is 43.6 Å². The van der Waals surface area contributed by atoms with Crippen LogP contribution in [0.4, 0.5) is 0 Å². The molecular formula is C47H29N3O. The Balaban J connectivity index is 1.08. The maximum Gasteiger partial charge on any atom is 0.160 e. The first kappa shape index (κ1) is 29.0. The minimum Gasteiger partial charge on any atom is -0.455 e. The molecule has 0 radical (unpaired) electrons. The molecule has 0 unspecified atom stereocenters.